The highest BCUT2D eigenvalue weighted by Gasteiger charge is 2.20. The van der Waals surface area contributed by atoms with E-state index >= 15 is 0 Å². The minimum absolute atomic E-state index is 0.221. The first-order valence-electron chi connectivity index (χ1n) is 5.21. The molecule has 0 saturated heterocycles. The number of aliphatic hydroxyl groups excluding tert-OH is 1. The van der Waals surface area contributed by atoms with Gasteiger partial charge < -0.3 is 15.5 Å². The number of nitro groups is 1. The van der Waals surface area contributed by atoms with Gasteiger partial charge in [0.2, 0.25) is 0 Å². The molecule has 0 bridgehead atoms. The smallest absolute Gasteiger partial charge is 0.342 e. The van der Waals surface area contributed by atoms with Crippen molar-refractivity contribution in [3.63, 3.8) is 0 Å². The maximum absolute atomic E-state index is 10.9. The summed E-state index contributed by atoms with van der Waals surface area (Å²) < 4.78 is 0. The summed E-state index contributed by atoms with van der Waals surface area (Å²) >= 11 is 0. The monoisotopic (exact) mass is 255 g/mol. The molecule has 1 unspecified atom stereocenters. The summed E-state index contributed by atoms with van der Waals surface area (Å²) in [6, 6.07) is 1.10. The molecule has 8 heteroatoms. The number of nitrogens with one attached hydrogen (secondary N) is 1. The zero-order valence-corrected chi connectivity index (χ0v) is 9.66. The molecule has 1 rings (SSSR count). The third kappa shape index (κ3) is 3.67. The van der Waals surface area contributed by atoms with Gasteiger partial charge in [0.05, 0.1) is 11.0 Å². The number of aromatic nitrogens is 1. The molecule has 0 spiro atoms. The van der Waals surface area contributed by atoms with Gasteiger partial charge in [-0.05, 0) is 13.3 Å². The Morgan fingerprint density at radius 1 is 1.67 bits per heavy atom. The van der Waals surface area contributed by atoms with E-state index in [9.17, 15) is 14.9 Å². The molecule has 8 nitrogen and oxygen atoms in total. The Bertz CT molecular complexity index is 461. The number of carboxylic acids is 1. The van der Waals surface area contributed by atoms with E-state index in [4.69, 9.17) is 10.2 Å². The Kier molecular flexibility index (Phi) is 4.55. The Morgan fingerprint density at radius 2 is 2.33 bits per heavy atom. The van der Waals surface area contributed by atoms with Crippen LogP contribution in [0.1, 0.15) is 23.7 Å². The van der Waals surface area contributed by atoms with Crippen molar-refractivity contribution in [2.45, 2.75) is 19.4 Å². The van der Waals surface area contributed by atoms with Crippen LogP contribution in [0.25, 0.3) is 0 Å². The quantitative estimate of drug-likeness (QED) is 0.508. The van der Waals surface area contributed by atoms with Gasteiger partial charge >= 0.3 is 11.7 Å². The molecule has 0 amide bonds. The number of carboxylic acid groups (broad SMARTS) is 1. The number of anilines is 1. The fourth-order valence-electron chi connectivity index (χ4n) is 1.27. The number of hydrogen-bond acceptors (Lipinski definition) is 6. The fraction of sp³-hybridized carbons (Fsp3) is 0.400. The predicted octanol–water partition coefficient (Wildman–Crippen LogP) is 0.871. The molecule has 1 aromatic heterocycles. The van der Waals surface area contributed by atoms with Crippen LogP contribution in [0.3, 0.4) is 0 Å². The number of carbonyl (C=O) groups is 1. The standard InChI is InChI=1S/C10H13N3O5/c1-6(14)2-3-11-9-4-7(10(15)16)8(5-12-9)13(17)18/h4-6,14H,2-3H2,1H3,(H,11,12)(H,15,16). The second-order valence-electron chi connectivity index (χ2n) is 3.71. The first kappa shape index (κ1) is 13.8. The van der Waals surface area contributed by atoms with Crippen molar-refractivity contribution < 1.29 is 19.9 Å². The zero-order valence-electron chi connectivity index (χ0n) is 9.66. The molecule has 0 aliphatic heterocycles. The molecule has 0 radical (unpaired) electrons. The van der Waals surface area contributed by atoms with E-state index in [-0.39, 0.29) is 5.82 Å². The number of aliphatic hydroxyl groups is 1. The minimum atomic E-state index is -1.39. The van der Waals surface area contributed by atoms with Gasteiger partial charge in [0.25, 0.3) is 0 Å². The first-order chi connectivity index (χ1) is 8.41. The number of pyridine rings is 1. The molecule has 0 fully saturated rings. The third-order valence-electron chi connectivity index (χ3n) is 2.18. The largest absolute Gasteiger partial charge is 0.477 e. The third-order valence-corrected chi connectivity index (χ3v) is 2.18. The van der Waals surface area contributed by atoms with Crippen LogP contribution < -0.4 is 5.32 Å². The average molecular weight is 255 g/mol. The summed E-state index contributed by atoms with van der Waals surface area (Å²) in [4.78, 5) is 24.4. The molecule has 98 valence electrons. The van der Waals surface area contributed by atoms with Crippen LogP contribution in [0, 0.1) is 10.1 Å². The molecule has 18 heavy (non-hydrogen) atoms. The summed E-state index contributed by atoms with van der Waals surface area (Å²) in [6.07, 6.45) is 0.865. The summed E-state index contributed by atoms with van der Waals surface area (Å²) in [6.45, 7) is 2.01. The second-order valence-corrected chi connectivity index (χ2v) is 3.71. The lowest BCUT2D eigenvalue weighted by Crippen LogP contribution is -2.12. The molecule has 0 aromatic carbocycles. The van der Waals surface area contributed by atoms with Crippen molar-refractivity contribution in [1.29, 1.82) is 0 Å². The van der Waals surface area contributed by atoms with E-state index < -0.39 is 28.2 Å². The van der Waals surface area contributed by atoms with Crippen LogP contribution in [-0.2, 0) is 0 Å². The van der Waals surface area contributed by atoms with E-state index in [0.29, 0.717) is 13.0 Å². The van der Waals surface area contributed by atoms with E-state index in [2.05, 4.69) is 10.3 Å². The van der Waals surface area contributed by atoms with Crippen molar-refractivity contribution in [3.05, 3.63) is 27.9 Å². The highest BCUT2D eigenvalue weighted by Crippen LogP contribution is 2.20. The van der Waals surface area contributed by atoms with Crippen molar-refractivity contribution in [2.75, 3.05) is 11.9 Å². The summed E-state index contributed by atoms with van der Waals surface area (Å²) in [5.74, 6) is -1.17. The maximum atomic E-state index is 10.9. The Morgan fingerprint density at radius 3 is 2.83 bits per heavy atom. The number of rotatable bonds is 6. The lowest BCUT2D eigenvalue weighted by Gasteiger charge is -2.07. The SMILES string of the molecule is CC(O)CCNc1cc(C(=O)O)c([N+](=O)[O-])cn1. The lowest BCUT2D eigenvalue weighted by atomic mass is 10.2. The van der Waals surface area contributed by atoms with Gasteiger partial charge in [0.15, 0.2) is 0 Å². The van der Waals surface area contributed by atoms with Gasteiger partial charge in [-0.1, -0.05) is 0 Å². The van der Waals surface area contributed by atoms with Crippen LogP contribution in [0.4, 0.5) is 11.5 Å². The predicted molar refractivity (Wildman–Crippen MR) is 62.6 cm³/mol. The number of nitrogens with zero attached hydrogens (tertiary/aromatic N) is 2. The van der Waals surface area contributed by atoms with Crippen LogP contribution in [0.15, 0.2) is 12.3 Å². The van der Waals surface area contributed by atoms with Crippen molar-refractivity contribution in [2.24, 2.45) is 0 Å². The fourth-order valence-corrected chi connectivity index (χ4v) is 1.27. The Labute approximate surface area is 102 Å². The Hall–Kier alpha value is -2.22. The summed E-state index contributed by atoms with van der Waals surface area (Å²) in [5.41, 5.74) is -0.974. The molecule has 1 aromatic rings. The van der Waals surface area contributed by atoms with E-state index in [0.717, 1.165) is 12.3 Å². The molecule has 1 heterocycles. The van der Waals surface area contributed by atoms with Gasteiger partial charge in [0, 0.05) is 12.6 Å². The minimum Gasteiger partial charge on any atom is -0.477 e. The van der Waals surface area contributed by atoms with Crippen molar-refractivity contribution >= 4 is 17.5 Å². The van der Waals surface area contributed by atoms with Gasteiger partial charge in [-0.3, -0.25) is 10.1 Å². The summed E-state index contributed by atoms with van der Waals surface area (Å²) in [5, 5.41) is 31.3. The molecule has 0 saturated carbocycles. The van der Waals surface area contributed by atoms with Gasteiger partial charge in [-0.2, -0.15) is 0 Å². The highest BCUT2D eigenvalue weighted by molar-refractivity contribution is 5.93. The number of aromatic carboxylic acids is 1. The molecular formula is C10H13N3O5. The molecule has 0 aliphatic rings. The van der Waals surface area contributed by atoms with Crippen LogP contribution >= 0.6 is 0 Å². The summed E-state index contributed by atoms with van der Waals surface area (Å²) in [7, 11) is 0. The van der Waals surface area contributed by atoms with Gasteiger partial charge in [-0.15, -0.1) is 0 Å². The molecule has 0 aliphatic carbocycles. The van der Waals surface area contributed by atoms with E-state index in [1.807, 2.05) is 0 Å². The average Bonchev–Trinajstić information content (AvgIpc) is 2.28. The van der Waals surface area contributed by atoms with Crippen molar-refractivity contribution in [1.82, 2.24) is 4.98 Å². The van der Waals surface area contributed by atoms with Crippen LogP contribution in [0.2, 0.25) is 0 Å². The topological polar surface area (TPSA) is 126 Å². The van der Waals surface area contributed by atoms with Crippen LogP contribution in [-0.4, -0.2) is 38.7 Å². The lowest BCUT2D eigenvalue weighted by molar-refractivity contribution is -0.385. The number of hydrogen-bond donors (Lipinski definition) is 3. The molecular weight excluding hydrogens is 242 g/mol. The van der Waals surface area contributed by atoms with Crippen LogP contribution in [0.5, 0.6) is 0 Å². The van der Waals surface area contributed by atoms with Gasteiger partial charge in [-0.25, -0.2) is 9.78 Å². The van der Waals surface area contributed by atoms with E-state index in [1.54, 1.807) is 6.92 Å². The van der Waals surface area contributed by atoms with Crippen molar-refractivity contribution in [3.8, 4) is 0 Å². The molecule has 1 atom stereocenters. The first-order valence-corrected chi connectivity index (χ1v) is 5.21. The zero-order chi connectivity index (χ0) is 13.7. The maximum Gasteiger partial charge on any atom is 0.342 e. The second kappa shape index (κ2) is 5.92. The highest BCUT2D eigenvalue weighted by atomic mass is 16.6. The van der Waals surface area contributed by atoms with Gasteiger partial charge in [0.1, 0.15) is 17.6 Å². The Balaban J connectivity index is 2.87. The van der Waals surface area contributed by atoms with E-state index in [1.165, 1.54) is 0 Å². The molecule has 3 N–H and O–H groups in total. The normalized spacial score (nSPS) is 11.9.